The Labute approximate surface area is 143 Å². The molecule has 2 heterocycles. The number of ketones is 1. The van der Waals surface area contributed by atoms with Gasteiger partial charge in [-0.1, -0.05) is 12.1 Å². The highest BCUT2D eigenvalue weighted by Crippen LogP contribution is 2.39. The predicted octanol–water partition coefficient (Wildman–Crippen LogP) is 2.06. The number of rotatable bonds is 5. The van der Waals surface area contributed by atoms with Crippen molar-refractivity contribution in [2.75, 3.05) is 13.2 Å². The summed E-state index contributed by atoms with van der Waals surface area (Å²) in [5.74, 6) is -1.70. The number of aliphatic hydroxyl groups excluding tert-OH is 1. The minimum Gasteiger partial charge on any atom is -0.503 e. The first-order valence-electron chi connectivity index (χ1n) is 8.01. The molecule has 0 aliphatic carbocycles. The summed E-state index contributed by atoms with van der Waals surface area (Å²) in [7, 11) is 0. The Morgan fingerprint density at radius 2 is 2.24 bits per heavy atom. The van der Waals surface area contributed by atoms with Gasteiger partial charge in [0.25, 0.3) is 11.6 Å². The van der Waals surface area contributed by atoms with E-state index in [1.54, 1.807) is 6.07 Å². The zero-order valence-electron chi connectivity index (χ0n) is 13.7. The topological polar surface area (TPSA) is 110 Å². The van der Waals surface area contributed by atoms with Crippen LogP contribution in [0.4, 0.5) is 5.69 Å². The molecule has 8 nitrogen and oxygen atoms in total. The number of nitro benzene ring substituents is 1. The number of aliphatic hydroxyl groups is 1. The summed E-state index contributed by atoms with van der Waals surface area (Å²) in [6, 6.07) is 4.91. The van der Waals surface area contributed by atoms with Crippen LogP contribution in [0.5, 0.6) is 0 Å². The molecule has 2 aliphatic heterocycles. The molecular formula is C17H18N2O6. The van der Waals surface area contributed by atoms with Gasteiger partial charge in [-0.15, -0.1) is 0 Å². The van der Waals surface area contributed by atoms with E-state index in [1.807, 2.05) is 0 Å². The van der Waals surface area contributed by atoms with E-state index in [2.05, 4.69) is 0 Å². The van der Waals surface area contributed by atoms with E-state index < -0.39 is 28.4 Å². The Balaban J connectivity index is 2.02. The maximum Gasteiger partial charge on any atom is 0.290 e. The van der Waals surface area contributed by atoms with Gasteiger partial charge in [-0.3, -0.25) is 19.7 Å². The summed E-state index contributed by atoms with van der Waals surface area (Å²) in [6.45, 7) is 2.08. The van der Waals surface area contributed by atoms with Crippen molar-refractivity contribution in [3.05, 3.63) is 51.3 Å². The molecule has 25 heavy (non-hydrogen) atoms. The van der Waals surface area contributed by atoms with Crippen LogP contribution < -0.4 is 0 Å². The van der Waals surface area contributed by atoms with E-state index in [4.69, 9.17) is 4.74 Å². The minimum atomic E-state index is -0.853. The second-order valence-electron chi connectivity index (χ2n) is 6.17. The zero-order valence-corrected chi connectivity index (χ0v) is 13.7. The molecule has 0 radical (unpaired) electrons. The van der Waals surface area contributed by atoms with Gasteiger partial charge >= 0.3 is 0 Å². The van der Waals surface area contributed by atoms with Crippen LogP contribution in [0.3, 0.4) is 0 Å². The third-order valence-corrected chi connectivity index (χ3v) is 4.50. The molecule has 1 N–H and O–H groups in total. The molecule has 1 aromatic carbocycles. The summed E-state index contributed by atoms with van der Waals surface area (Å²) in [5.41, 5.74) is 0.231. The molecule has 0 aromatic heterocycles. The minimum absolute atomic E-state index is 0.0384. The third-order valence-electron chi connectivity index (χ3n) is 4.50. The molecule has 132 valence electrons. The number of hydrogen-bond donors (Lipinski definition) is 1. The number of carbonyl (C=O) groups excluding carboxylic acids is 2. The molecule has 1 fully saturated rings. The van der Waals surface area contributed by atoms with Crippen molar-refractivity contribution in [3.8, 4) is 0 Å². The molecule has 0 saturated carbocycles. The third kappa shape index (κ3) is 3.12. The fourth-order valence-electron chi connectivity index (χ4n) is 3.36. The highest BCUT2D eigenvalue weighted by atomic mass is 16.6. The second-order valence-corrected chi connectivity index (χ2v) is 6.17. The molecule has 0 spiro atoms. The lowest BCUT2D eigenvalue weighted by Crippen LogP contribution is -2.37. The van der Waals surface area contributed by atoms with E-state index in [0.29, 0.717) is 12.2 Å². The van der Waals surface area contributed by atoms with Gasteiger partial charge in [-0.25, -0.2) is 0 Å². The van der Waals surface area contributed by atoms with Crippen LogP contribution in [-0.4, -0.2) is 45.9 Å². The molecule has 2 aliphatic rings. The Hall–Kier alpha value is -2.74. The number of carbonyl (C=O) groups is 2. The summed E-state index contributed by atoms with van der Waals surface area (Å²) < 4.78 is 5.55. The van der Waals surface area contributed by atoms with E-state index >= 15 is 0 Å². The average molecular weight is 346 g/mol. The van der Waals surface area contributed by atoms with E-state index in [0.717, 1.165) is 12.8 Å². The molecule has 0 bridgehead atoms. The monoisotopic (exact) mass is 346 g/mol. The van der Waals surface area contributed by atoms with Crippen LogP contribution in [0, 0.1) is 10.1 Å². The SMILES string of the molecule is CC(=O)C1=C(O)C(=O)N(CC2CCCO2)C1c1cccc([N+](=O)[O-])c1. The van der Waals surface area contributed by atoms with Gasteiger partial charge in [0.05, 0.1) is 22.6 Å². The predicted molar refractivity (Wildman–Crippen MR) is 86.9 cm³/mol. The molecular weight excluding hydrogens is 328 g/mol. The fourth-order valence-corrected chi connectivity index (χ4v) is 3.36. The highest BCUT2D eigenvalue weighted by molar-refractivity contribution is 6.08. The number of amides is 1. The Bertz CT molecular complexity index is 766. The Morgan fingerprint density at radius 1 is 1.48 bits per heavy atom. The lowest BCUT2D eigenvalue weighted by Gasteiger charge is -2.28. The number of nitrogens with zero attached hydrogens (tertiary/aromatic N) is 2. The van der Waals surface area contributed by atoms with Crippen LogP contribution in [0.15, 0.2) is 35.6 Å². The number of Topliss-reactive ketones (excluding diaryl/α,β-unsaturated/α-hetero) is 1. The highest BCUT2D eigenvalue weighted by Gasteiger charge is 2.43. The van der Waals surface area contributed by atoms with Crippen molar-refractivity contribution >= 4 is 17.4 Å². The lowest BCUT2D eigenvalue weighted by atomic mass is 9.96. The number of ether oxygens (including phenoxy) is 1. The molecule has 8 heteroatoms. The quantitative estimate of drug-likeness (QED) is 0.645. The van der Waals surface area contributed by atoms with Crippen LogP contribution in [-0.2, 0) is 14.3 Å². The van der Waals surface area contributed by atoms with E-state index in [1.165, 1.54) is 30.0 Å². The first-order valence-corrected chi connectivity index (χ1v) is 8.01. The van der Waals surface area contributed by atoms with Gasteiger partial charge in [0, 0.05) is 25.3 Å². The number of non-ortho nitro benzene ring substituents is 1. The summed E-state index contributed by atoms with van der Waals surface area (Å²) >= 11 is 0. The molecule has 1 saturated heterocycles. The molecule has 1 amide bonds. The van der Waals surface area contributed by atoms with Gasteiger partial charge in [0.1, 0.15) is 0 Å². The van der Waals surface area contributed by atoms with Crippen molar-refractivity contribution in [2.45, 2.75) is 31.9 Å². The maximum absolute atomic E-state index is 12.5. The van der Waals surface area contributed by atoms with Crippen LogP contribution in [0.2, 0.25) is 0 Å². The average Bonchev–Trinajstić information content (AvgIpc) is 3.17. The van der Waals surface area contributed by atoms with E-state index in [-0.39, 0.29) is 23.9 Å². The van der Waals surface area contributed by atoms with Crippen LogP contribution in [0.25, 0.3) is 0 Å². The largest absolute Gasteiger partial charge is 0.503 e. The molecule has 1 aromatic rings. The van der Waals surface area contributed by atoms with Gasteiger partial charge in [0.2, 0.25) is 0 Å². The van der Waals surface area contributed by atoms with Gasteiger partial charge in [-0.2, -0.15) is 0 Å². The molecule has 3 rings (SSSR count). The number of benzene rings is 1. The fraction of sp³-hybridized carbons (Fsp3) is 0.412. The molecule has 2 unspecified atom stereocenters. The van der Waals surface area contributed by atoms with Crippen molar-refractivity contribution in [2.24, 2.45) is 0 Å². The van der Waals surface area contributed by atoms with Crippen molar-refractivity contribution in [1.29, 1.82) is 0 Å². The van der Waals surface area contributed by atoms with Crippen molar-refractivity contribution < 1.29 is 24.4 Å². The molecule has 2 atom stereocenters. The van der Waals surface area contributed by atoms with Crippen LogP contribution >= 0.6 is 0 Å². The summed E-state index contributed by atoms with van der Waals surface area (Å²) in [6.07, 6.45) is 1.48. The Kier molecular flexibility index (Phi) is 4.54. The smallest absolute Gasteiger partial charge is 0.290 e. The first-order chi connectivity index (χ1) is 11.9. The van der Waals surface area contributed by atoms with Crippen molar-refractivity contribution in [3.63, 3.8) is 0 Å². The van der Waals surface area contributed by atoms with E-state index in [9.17, 15) is 24.8 Å². The number of nitro groups is 1. The summed E-state index contributed by atoms with van der Waals surface area (Å²) in [5, 5.41) is 21.2. The first kappa shape index (κ1) is 17.1. The summed E-state index contributed by atoms with van der Waals surface area (Å²) in [4.78, 5) is 36.4. The zero-order chi connectivity index (χ0) is 18.1. The Morgan fingerprint density at radius 3 is 2.84 bits per heavy atom. The second kappa shape index (κ2) is 6.64. The lowest BCUT2D eigenvalue weighted by molar-refractivity contribution is -0.384. The van der Waals surface area contributed by atoms with Gasteiger partial charge in [0.15, 0.2) is 11.5 Å². The van der Waals surface area contributed by atoms with Crippen LogP contribution in [0.1, 0.15) is 31.4 Å². The standard InChI is InChI=1S/C17H18N2O6/c1-10(20)14-15(11-4-2-5-12(8-11)19(23)24)18(17(22)16(14)21)9-13-6-3-7-25-13/h2,4-5,8,13,15,21H,3,6-7,9H2,1H3. The van der Waals surface area contributed by atoms with Gasteiger partial charge in [-0.05, 0) is 25.3 Å². The normalized spacial score (nSPS) is 23.4. The number of hydrogen-bond acceptors (Lipinski definition) is 6. The maximum atomic E-state index is 12.5. The van der Waals surface area contributed by atoms with Gasteiger partial charge < -0.3 is 14.7 Å². The van der Waals surface area contributed by atoms with Crippen molar-refractivity contribution in [1.82, 2.24) is 4.90 Å².